The number of nitriles is 2. The number of hydrogen-bond acceptors (Lipinski definition) is 3. The second-order valence-corrected chi connectivity index (χ2v) is 2.81. The summed E-state index contributed by atoms with van der Waals surface area (Å²) in [6.45, 7) is 1.85. The molecule has 1 rings (SSSR count). The Hall–Kier alpha value is -2.00. The minimum Gasteiger partial charge on any atom is -0.399 e. The van der Waals surface area contributed by atoms with Gasteiger partial charge in [-0.3, -0.25) is 0 Å². The Bertz CT molecular complexity index is 407. The average molecular weight is 171 g/mol. The third kappa shape index (κ3) is 1.77. The molecule has 0 amide bonds. The van der Waals surface area contributed by atoms with E-state index < -0.39 is 0 Å². The van der Waals surface area contributed by atoms with Gasteiger partial charge in [-0.1, -0.05) is 0 Å². The van der Waals surface area contributed by atoms with Gasteiger partial charge in [0.15, 0.2) is 0 Å². The van der Waals surface area contributed by atoms with Crippen molar-refractivity contribution in [3.63, 3.8) is 0 Å². The van der Waals surface area contributed by atoms with E-state index in [2.05, 4.69) is 0 Å². The van der Waals surface area contributed by atoms with Crippen LogP contribution in [-0.2, 0) is 6.42 Å². The zero-order chi connectivity index (χ0) is 9.84. The number of nitrogens with zero attached hydrogens (tertiary/aromatic N) is 2. The summed E-state index contributed by atoms with van der Waals surface area (Å²) in [7, 11) is 0. The third-order valence-electron chi connectivity index (χ3n) is 1.87. The van der Waals surface area contributed by atoms with Crippen LogP contribution in [0.2, 0.25) is 0 Å². The molecule has 0 spiro atoms. The van der Waals surface area contributed by atoms with E-state index in [1.807, 2.05) is 19.1 Å². The number of nitrogen functional groups attached to an aromatic ring is 1. The second-order valence-electron chi connectivity index (χ2n) is 2.81. The molecule has 0 aliphatic rings. The van der Waals surface area contributed by atoms with Crippen molar-refractivity contribution in [1.29, 1.82) is 10.5 Å². The average Bonchev–Trinajstić information content (AvgIpc) is 2.09. The number of hydrogen-bond donors (Lipinski definition) is 1. The highest BCUT2D eigenvalue weighted by atomic mass is 14.5. The SMILES string of the molecule is Cc1cc(N)cc(C#N)c1CC#N. The molecule has 0 saturated heterocycles. The molecule has 1 aromatic rings. The first-order valence-electron chi connectivity index (χ1n) is 3.85. The van der Waals surface area contributed by atoms with Crippen LogP contribution >= 0.6 is 0 Å². The van der Waals surface area contributed by atoms with E-state index in [9.17, 15) is 0 Å². The van der Waals surface area contributed by atoms with Crippen LogP contribution in [0.25, 0.3) is 0 Å². The van der Waals surface area contributed by atoms with Gasteiger partial charge in [0.05, 0.1) is 24.1 Å². The van der Waals surface area contributed by atoms with E-state index in [0.717, 1.165) is 11.1 Å². The van der Waals surface area contributed by atoms with Crippen molar-refractivity contribution in [3.05, 3.63) is 28.8 Å². The van der Waals surface area contributed by atoms with E-state index in [1.54, 1.807) is 12.1 Å². The van der Waals surface area contributed by atoms with Gasteiger partial charge in [-0.2, -0.15) is 10.5 Å². The molecule has 0 bridgehead atoms. The molecule has 0 saturated carbocycles. The topological polar surface area (TPSA) is 73.6 Å². The van der Waals surface area contributed by atoms with Gasteiger partial charge in [0.2, 0.25) is 0 Å². The van der Waals surface area contributed by atoms with Crippen molar-refractivity contribution in [2.24, 2.45) is 0 Å². The van der Waals surface area contributed by atoms with Gasteiger partial charge in [-0.15, -0.1) is 0 Å². The largest absolute Gasteiger partial charge is 0.399 e. The fourth-order valence-corrected chi connectivity index (χ4v) is 1.26. The number of rotatable bonds is 1. The smallest absolute Gasteiger partial charge is 0.0995 e. The highest BCUT2D eigenvalue weighted by Gasteiger charge is 2.05. The van der Waals surface area contributed by atoms with E-state index in [1.165, 1.54) is 0 Å². The Morgan fingerprint density at radius 2 is 2.08 bits per heavy atom. The van der Waals surface area contributed by atoms with E-state index in [4.69, 9.17) is 16.3 Å². The van der Waals surface area contributed by atoms with Gasteiger partial charge in [0, 0.05) is 5.69 Å². The predicted molar refractivity (Wildman–Crippen MR) is 49.6 cm³/mol. The Morgan fingerprint density at radius 1 is 1.38 bits per heavy atom. The van der Waals surface area contributed by atoms with Crippen LogP contribution < -0.4 is 5.73 Å². The summed E-state index contributed by atoms with van der Waals surface area (Å²) in [5, 5.41) is 17.3. The summed E-state index contributed by atoms with van der Waals surface area (Å²) in [5.41, 5.74) is 8.31. The van der Waals surface area contributed by atoms with Crippen LogP contribution in [0.4, 0.5) is 5.69 Å². The lowest BCUT2D eigenvalue weighted by Gasteiger charge is -2.04. The first-order chi connectivity index (χ1) is 6.19. The van der Waals surface area contributed by atoms with Gasteiger partial charge >= 0.3 is 0 Å². The molecule has 3 nitrogen and oxygen atoms in total. The Balaban J connectivity index is 3.34. The lowest BCUT2D eigenvalue weighted by Crippen LogP contribution is -1.96. The van der Waals surface area contributed by atoms with Gasteiger partial charge < -0.3 is 5.73 Å². The van der Waals surface area contributed by atoms with Crippen LogP contribution in [0.15, 0.2) is 12.1 Å². The summed E-state index contributed by atoms with van der Waals surface area (Å²) in [5.74, 6) is 0. The molecule has 64 valence electrons. The normalized spacial score (nSPS) is 8.85. The molecular formula is C10H9N3. The number of nitrogens with two attached hydrogens (primary N) is 1. The maximum absolute atomic E-state index is 8.78. The van der Waals surface area contributed by atoms with Crippen LogP contribution in [0.1, 0.15) is 16.7 Å². The van der Waals surface area contributed by atoms with Gasteiger partial charge in [-0.05, 0) is 30.2 Å². The Kier molecular flexibility index (Phi) is 2.52. The zero-order valence-electron chi connectivity index (χ0n) is 7.33. The van der Waals surface area contributed by atoms with Crippen LogP contribution in [0.5, 0.6) is 0 Å². The molecule has 3 heteroatoms. The number of anilines is 1. The Morgan fingerprint density at radius 3 is 2.62 bits per heavy atom. The van der Waals surface area contributed by atoms with Crippen LogP contribution in [0, 0.1) is 29.6 Å². The van der Waals surface area contributed by atoms with E-state index >= 15 is 0 Å². The minimum atomic E-state index is 0.259. The maximum atomic E-state index is 8.78. The summed E-state index contributed by atoms with van der Waals surface area (Å²) in [6.07, 6.45) is 0.259. The highest BCUT2D eigenvalue weighted by molar-refractivity contribution is 5.54. The molecular weight excluding hydrogens is 162 g/mol. The molecule has 2 N–H and O–H groups in total. The van der Waals surface area contributed by atoms with Gasteiger partial charge in [-0.25, -0.2) is 0 Å². The quantitative estimate of drug-likeness (QED) is 0.651. The first-order valence-corrected chi connectivity index (χ1v) is 3.85. The molecule has 0 radical (unpaired) electrons. The van der Waals surface area contributed by atoms with E-state index in [-0.39, 0.29) is 6.42 Å². The maximum Gasteiger partial charge on any atom is 0.0995 e. The fourth-order valence-electron chi connectivity index (χ4n) is 1.26. The van der Waals surface area contributed by atoms with Gasteiger partial charge in [0.1, 0.15) is 0 Å². The van der Waals surface area contributed by atoms with Gasteiger partial charge in [0.25, 0.3) is 0 Å². The molecule has 0 heterocycles. The number of benzene rings is 1. The van der Waals surface area contributed by atoms with Crippen molar-refractivity contribution in [2.45, 2.75) is 13.3 Å². The summed E-state index contributed by atoms with van der Waals surface area (Å²) >= 11 is 0. The first kappa shape index (κ1) is 9.09. The molecule has 0 aliphatic heterocycles. The van der Waals surface area contributed by atoms with E-state index in [0.29, 0.717) is 11.3 Å². The standard InChI is InChI=1S/C10H9N3/c1-7-4-9(13)5-8(6-12)10(7)2-3-11/h4-5H,2,13H2,1H3. The van der Waals surface area contributed by atoms with Crippen molar-refractivity contribution in [1.82, 2.24) is 0 Å². The number of aryl methyl sites for hydroxylation is 1. The molecule has 0 fully saturated rings. The molecule has 13 heavy (non-hydrogen) atoms. The third-order valence-corrected chi connectivity index (χ3v) is 1.87. The zero-order valence-corrected chi connectivity index (χ0v) is 7.33. The monoisotopic (exact) mass is 171 g/mol. The highest BCUT2D eigenvalue weighted by Crippen LogP contribution is 2.18. The van der Waals surface area contributed by atoms with Crippen molar-refractivity contribution >= 4 is 5.69 Å². The summed E-state index contributed by atoms with van der Waals surface area (Å²) < 4.78 is 0. The van der Waals surface area contributed by atoms with Crippen molar-refractivity contribution in [2.75, 3.05) is 5.73 Å². The molecule has 1 aromatic carbocycles. The molecule has 0 aliphatic carbocycles. The Labute approximate surface area is 77.0 Å². The lowest BCUT2D eigenvalue weighted by molar-refractivity contribution is 1.20. The van der Waals surface area contributed by atoms with Crippen LogP contribution in [-0.4, -0.2) is 0 Å². The van der Waals surface area contributed by atoms with Crippen molar-refractivity contribution in [3.8, 4) is 12.1 Å². The molecule has 0 aromatic heterocycles. The fraction of sp³-hybridized carbons (Fsp3) is 0.200. The molecule has 0 unspecified atom stereocenters. The summed E-state index contributed by atoms with van der Waals surface area (Å²) in [6, 6.07) is 7.43. The van der Waals surface area contributed by atoms with Crippen LogP contribution in [0.3, 0.4) is 0 Å². The predicted octanol–water partition coefficient (Wildman–Crippen LogP) is 1.51. The van der Waals surface area contributed by atoms with Crippen molar-refractivity contribution < 1.29 is 0 Å². The second kappa shape index (κ2) is 3.60. The summed E-state index contributed by atoms with van der Waals surface area (Å²) in [4.78, 5) is 0. The minimum absolute atomic E-state index is 0.259. The lowest BCUT2D eigenvalue weighted by atomic mass is 9.99. The molecule has 0 atom stereocenters.